The van der Waals surface area contributed by atoms with Crippen LogP contribution in [0.5, 0.6) is 0 Å². The largest absolute Gasteiger partial charge is 0.226 e. The van der Waals surface area contributed by atoms with Crippen molar-refractivity contribution in [1.82, 2.24) is 4.98 Å². The monoisotopic (exact) mass is 243 g/mol. The maximum Gasteiger partial charge on any atom is 0.220 e. The second-order valence-corrected chi connectivity index (χ2v) is 3.56. The van der Waals surface area contributed by atoms with Gasteiger partial charge in [-0.3, -0.25) is 0 Å². The lowest BCUT2D eigenvalue weighted by atomic mass is 10.1. The van der Waals surface area contributed by atoms with Gasteiger partial charge in [-0.15, -0.1) is 0 Å². The Morgan fingerprint density at radius 1 is 1.00 bits per heavy atom. The Bertz CT molecular complexity index is 543. The predicted octanol–water partition coefficient (Wildman–Crippen LogP) is 3.82. The van der Waals surface area contributed by atoms with Gasteiger partial charge in [-0.05, 0) is 23.8 Å². The van der Waals surface area contributed by atoms with Gasteiger partial charge in [0.05, 0.1) is 5.02 Å². The quantitative estimate of drug-likeness (QED) is 0.694. The smallest absolute Gasteiger partial charge is 0.220 e. The normalized spacial score (nSPS) is 10.5. The fraction of sp³-hybridized carbons (Fsp3) is 0. The molecule has 1 nitrogen and oxygen atoms in total. The number of aromatic nitrogens is 1. The number of halogens is 4. The molecule has 0 aliphatic heterocycles. The molecule has 0 fully saturated rings. The third-order valence-corrected chi connectivity index (χ3v) is 2.24. The van der Waals surface area contributed by atoms with Gasteiger partial charge < -0.3 is 0 Å². The zero-order chi connectivity index (χ0) is 11.7. The van der Waals surface area contributed by atoms with E-state index in [1.165, 1.54) is 12.1 Å². The first-order valence-corrected chi connectivity index (χ1v) is 4.72. The van der Waals surface area contributed by atoms with E-state index >= 15 is 0 Å². The summed E-state index contributed by atoms with van der Waals surface area (Å²) in [5.74, 6) is -2.81. The number of nitrogens with zero attached hydrogens (tertiary/aromatic N) is 1. The van der Waals surface area contributed by atoms with Gasteiger partial charge in [0, 0.05) is 11.8 Å². The molecule has 1 aromatic carbocycles. The van der Waals surface area contributed by atoms with Gasteiger partial charge in [-0.25, -0.2) is 13.8 Å². The second-order valence-electron chi connectivity index (χ2n) is 3.12. The van der Waals surface area contributed by atoms with Crippen molar-refractivity contribution in [2.24, 2.45) is 0 Å². The molecule has 2 rings (SSSR count). The first kappa shape index (κ1) is 11.0. The first-order chi connectivity index (χ1) is 7.58. The molecule has 82 valence electrons. The molecule has 5 heteroatoms. The topological polar surface area (TPSA) is 12.9 Å². The van der Waals surface area contributed by atoms with Gasteiger partial charge in [-0.1, -0.05) is 17.7 Å². The minimum Gasteiger partial charge on any atom is -0.226 e. The molecule has 0 atom stereocenters. The summed E-state index contributed by atoms with van der Waals surface area (Å²) in [5.41, 5.74) is 0.220. The van der Waals surface area contributed by atoms with E-state index in [0.29, 0.717) is 0 Å². The van der Waals surface area contributed by atoms with E-state index in [0.717, 1.165) is 18.3 Å². The van der Waals surface area contributed by atoms with Gasteiger partial charge in [0.25, 0.3) is 0 Å². The van der Waals surface area contributed by atoms with Crippen LogP contribution in [-0.2, 0) is 0 Å². The van der Waals surface area contributed by atoms with Crippen LogP contribution in [0.3, 0.4) is 0 Å². The zero-order valence-electron chi connectivity index (χ0n) is 7.85. The highest BCUT2D eigenvalue weighted by Gasteiger charge is 2.10. The highest BCUT2D eigenvalue weighted by Crippen LogP contribution is 2.25. The van der Waals surface area contributed by atoms with Crippen molar-refractivity contribution in [1.29, 1.82) is 0 Å². The SMILES string of the molecule is Fc1ccc(-c2cc(Cl)cnc2F)cc1F. The van der Waals surface area contributed by atoms with Crippen LogP contribution in [0.15, 0.2) is 30.5 Å². The lowest BCUT2D eigenvalue weighted by Crippen LogP contribution is -1.91. The Balaban J connectivity index is 2.58. The van der Waals surface area contributed by atoms with E-state index < -0.39 is 17.6 Å². The molecular weight excluding hydrogens is 239 g/mol. The van der Waals surface area contributed by atoms with Crippen molar-refractivity contribution in [2.75, 3.05) is 0 Å². The molecule has 0 bridgehead atoms. The van der Waals surface area contributed by atoms with Gasteiger partial charge >= 0.3 is 0 Å². The summed E-state index contributed by atoms with van der Waals surface area (Å²) in [6.07, 6.45) is 1.14. The Morgan fingerprint density at radius 2 is 1.75 bits per heavy atom. The van der Waals surface area contributed by atoms with E-state index in [1.807, 2.05) is 0 Å². The van der Waals surface area contributed by atoms with Crippen LogP contribution in [0.25, 0.3) is 11.1 Å². The van der Waals surface area contributed by atoms with Crippen molar-refractivity contribution in [3.63, 3.8) is 0 Å². The molecule has 0 radical (unpaired) electrons. The molecule has 0 saturated carbocycles. The zero-order valence-corrected chi connectivity index (χ0v) is 8.60. The number of hydrogen-bond acceptors (Lipinski definition) is 1. The standard InChI is InChI=1S/C11H5ClF3N/c12-7-4-8(11(15)16-5-7)6-1-2-9(13)10(14)3-6/h1-5H. The Morgan fingerprint density at radius 3 is 2.44 bits per heavy atom. The minimum absolute atomic E-state index is 0.0337. The average Bonchev–Trinajstić information content (AvgIpc) is 2.26. The van der Waals surface area contributed by atoms with Crippen LogP contribution >= 0.6 is 11.6 Å². The van der Waals surface area contributed by atoms with Crippen LogP contribution in [-0.4, -0.2) is 4.98 Å². The molecule has 0 aliphatic rings. The molecule has 0 aliphatic carbocycles. The Kier molecular flexibility index (Phi) is 2.83. The van der Waals surface area contributed by atoms with Crippen LogP contribution in [0.2, 0.25) is 5.02 Å². The molecule has 1 aromatic heterocycles. The van der Waals surface area contributed by atoms with Crippen LogP contribution in [0.4, 0.5) is 13.2 Å². The molecule has 0 unspecified atom stereocenters. The van der Waals surface area contributed by atoms with Gasteiger partial charge in [0.1, 0.15) is 0 Å². The Hall–Kier alpha value is -1.55. The maximum atomic E-state index is 13.3. The second kappa shape index (κ2) is 4.14. The summed E-state index contributed by atoms with van der Waals surface area (Å²) >= 11 is 5.64. The third kappa shape index (κ3) is 2.02. The fourth-order valence-corrected chi connectivity index (χ4v) is 1.45. The number of hydrogen-bond donors (Lipinski definition) is 0. The molecule has 0 saturated heterocycles. The van der Waals surface area contributed by atoms with Gasteiger partial charge in [0.15, 0.2) is 11.6 Å². The summed E-state index contributed by atoms with van der Waals surface area (Å²) < 4.78 is 38.9. The molecule has 0 spiro atoms. The molecular formula is C11H5ClF3N. The first-order valence-electron chi connectivity index (χ1n) is 4.34. The average molecular weight is 244 g/mol. The van der Waals surface area contributed by atoms with Crippen LogP contribution in [0, 0.1) is 17.6 Å². The third-order valence-electron chi connectivity index (χ3n) is 2.04. The van der Waals surface area contributed by atoms with E-state index in [4.69, 9.17) is 11.6 Å². The highest BCUT2D eigenvalue weighted by molar-refractivity contribution is 6.30. The molecule has 0 N–H and O–H groups in total. The Labute approximate surface area is 94.5 Å². The van der Waals surface area contributed by atoms with Crippen molar-refractivity contribution in [2.45, 2.75) is 0 Å². The fourth-order valence-electron chi connectivity index (χ4n) is 1.29. The van der Waals surface area contributed by atoms with Gasteiger partial charge in [0.2, 0.25) is 5.95 Å². The summed E-state index contributed by atoms with van der Waals surface area (Å²) in [7, 11) is 0. The number of pyridine rings is 1. The summed E-state index contributed by atoms with van der Waals surface area (Å²) in [4.78, 5) is 3.39. The molecule has 16 heavy (non-hydrogen) atoms. The molecule has 2 aromatic rings. The van der Waals surface area contributed by atoms with Crippen LogP contribution in [0.1, 0.15) is 0 Å². The predicted molar refractivity (Wildman–Crippen MR) is 54.6 cm³/mol. The van der Waals surface area contributed by atoms with E-state index in [1.54, 1.807) is 0 Å². The van der Waals surface area contributed by atoms with Crippen molar-refractivity contribution >= 4 is 11.6 Å². The summed E-state index contributed by atoms with van der Waals surface area (Å²) in [6, 6.07) is 4.38. The van der Waals surface area contributed by atoms with E-state index in [-0.39, 0.29) is 16.1 Å². The summed E-state index contributed by atoms with van der Waals surface area (Å²) in [6.45, 7) is 0. The van der Waals surface area contributed by atoms with E-state index in [2.05, 4.69) is 4.98 Å². The van der Waals surface area contributed by atoms with Crippen molar-refractivity contribution in [3.05, 3.63) is 53.1 Å². The number of rotatable bonds is 1. The number of benzene rings is 1. The van der Waals surface area contributed by atoms with E-state index in [9.17, 15) is 13.2 Å². The van der Waals surface area contributed by atoms with Crippen molar-refractivity contribution in [3.8, 4) is 11.1 Å². The lowest BCUT2D eigenvalue weighted by Gasteiger charge is -2.03. The van der Waals surface area contributed by atoms with Gasteiger partial charge in [-0.2, -0.15) is 4.39 Å². The maximum absolute atomic E-state index is 13.3. The lowest BCUT2D eigenvalue weighted by molar-refractivity contribution is 0.509. The molecule has 0 amide bonds. The molecule has 1 heterocycles. The highest BCUT2D eigenvalue weighted by atomic mass is 35.5. The minimum atomic E-state index is -1.04. The van der Waals surface area contributed by atoms with Crippen LogP contribution < -0.4 is 0 Å². The summed E-state index contributed by atoms with van der Waals surface area (Å²) in [5, 5.41) is 0.223. The van der Waals surface area contributed by atoms with Crippen molar-refractivity contribution < 1.29 is 13.2 Å².